The van der Waals surface area contributed by atoms with Crippen molar-refractivity contribution in [3.63, 3.8) is 0 Å². The molecule has 0 bridgehead atoms. The van der Waals surface area contributed by atoms with E-state index in [9.17, 15) is 9.59 Å². The van der Waals surface area contributed by atoms with Crippen molar-refractivity contribution < 1.29 is 14.3 Å². The summed E-state index contributed by atoms with van der Waals surface area (Å²) in [6, 6.07) is 9.43. The van der Waals surface area contributed by atoms with Gasteiger partial charge >= 0.3 is 6.09 Å². The molecule has 2 amide bonds. The van der Waals surface area contributed by atoms with E-state index in [0.29, 0.717) is 13.1 Å². The Bertz CT molecular complexity index is 467. The molecule has 0 saturated carbocycles. The number of rotatable bonds is 4. The minimum Gasteiger partial charge on any atom is -0.443 e. The Morgan fingerprint density at radius 2 is 1.85 bits per heavy atom. The van der Waals surface area contributed by atoms with Crippen LogP contribution in [-0.2, 0) is 16.1 Å². The van der Waals surface area contributed by atoms with Crippen molar-refractivity contribution in [2.75, 3.05) is 19.0 Å². The number of nitrogens with zero attached hydrogens (tertiary/aromatic N) is 2. The minimum atomic E-state index is -0.491. The van der Waals surface area contributed by atoms with E-state index >= 15 is 0 Å². The molecule has 6 heteroatoms. The predicted molar refractivity (Wildman–Crippen MR) is 75.0 cm³/mol. The van der Waals surface area contributed by atoms with Gasteiger partial charge in [-0.2, -0.15) is 0 Å². The lowest BCUT2D eigenvalue weighted by Gasteiger charge is -2.26. The summed E-state index contributed by atoms with van der Waals surface area (Å²) in [5, 5.41) is 2.79. The van der Waals surface area contributed by atoms with Crippen molar-refractivity contribution in [3.05, 3.63) is 35.9 Å². The Hall–Kier alpha value is -1.75. The van der Waals surface area contributed by atoms with Gasteiger partial charge in [-0.25, -0.2) is 14.8 Å². The first kappa shape index (κ1) is 14.7. The molecule has 1 heterocycles. The molecule has 0 aliphatic carbocycles. The minimum absolute atomic E-state index is 0.144. The zero-order valence-corrected chi connectivity index (χ0v) is 11.9. The summed E-state index contributed by atoms with van der Waals surface area (Å²) < 4.78 is 5.23. The average Bonchev–Trinajstić information content (AvgIpc) is 2.96. The molecular formula is C14H17ClN2O3. The van der Waals surface area contributed by atoms with Gasteiger partial charge in [-0.15, -0.1) is 11.6 Å². The standard InChI is InChI=1S/C14H17ClN2O3/c15-8-7-13(18)16-9-4-10-17(16)14(19)20-11-12-5-2-1-3-6-12/h1-3,5-6H,4,7-11H2. The van der Waals surface area contributed by atoms with E-state index in [-0.39, 0.29) is 24.8 Å². The molecule has 0 aromatic heterocycles. The molecule has 0 atom stereocenters. The summed E-state index contributed by atoms with van der Waals surface area (Å²) in [5.74, 6) is 0.108. The molecule has 108 valence electrons. The Labute approximate surface area is 123 Å². The molecule has 0 radical (unpaired) electrons. The number of benzene rings is 1. The lowest BCUT2D eigenvalue weighted by Crippen LogP contribution is -2.45. The van der Waals surface area contributed by atoms with Gasteiger partial charge in [0, 0.05) is 25.4 Å². The molecular weight excluding hydrogens is 280 g/mol. The highest BCUT2D eigenvalue weighted by molar-refractivity contribution is 6.18. The smallest absolute Gasteiger partial charge is 0.429 e. The van der Waals surface area contributed by atoms with Gasteiger partial charge in [0.2, 0.25) is 5.91 Å². The van der Waals surface area contributed by atoms with Crippen LogP contribution in [0.15, 0.2) is 30.3 Å². The second kappa shape index (κ2) is 7.14. The molecule has 1 fully saturated rings. The third-order valence-electron chi connectivity index (χ3n) is 3.04. The van der Waals surface area contributed by atoms with Crippen molar-refractivity contribution in [2.24, 2.45) is 0 Å². The number of hydrazine groups is 1. The van der Waals surface area contributed by atoms with Crippen LogP contribution in [0, 0.1) is 0 Å². The summed E-state index contributed by atoms with van der Waals surface area (Å²) in [6.45, 7) is 1.24. The fourth-order valence-corrected chi connectivity index (χ4v) is 2.23. The zero-order chi connectivity index (χ0) is 14.4. The van der Waals surface area contributed by atoms with Gasteiger partial charge in [-0.05, 0) is 12.0 Å². The van der Waals surface area contributed by atoms with Crippen molar-refractivity contribution in [1.82, 2.24) is 10.0 Å². The Morgan fingerprint density at radius 1 is 1.15 bits per heavy atom. The maximum absolute atomic E-state index is 12.0. The normalized spacial score (nSPS) is 14.4. The molecule has 20 heavy (non-hydrogen) atoms. The lowest BCUT2D eigenvalue weighted by molar-refractivity contribution is -0.141. The molecule has 5 nitrogen and oxygen atoms in total. The van der Waals surface area contributed by atoms with Crippen LogP contribution in [0.3, 0.4) is 0 Å². The summed E-state index contributed by atoms with van der Waals surface area (Å²) in [5.41, 5.74) is 0.915. The maximum Gasteiger partial charge on any atom is 0.429 e. The van der Waals surface area contributed by atoms with Crippen LogP contribution in [0.1, 0.15) is 18.4 Å². The maximum atomic E-state index is 12.0. The van der Waals surface area contributed by atoms with E-state index in [1.165, 1.54) is 10.0 Å². The van der Waals surface area contributed by atoms with E-state index in [0.717, 1.165) is 12.0 Å². The highest BCUT2D eigenvalue weighted by atomic mass is 35.5. The van der Waals surface area contributed by atoms with Crippen LogP contribution < -0.4 is 0 Å². The van der Waals surface area contributed by atoms with Gasteiger partial charge < -0.3 is 4.74 Å². The van der Waals surface area contributed by atoms with Gasteiger partial charge in [0.1, 0.15) is 6.61 Å². The van der Waals surface area contributed by atoms with Crippen LogP contribution in [0.2, 0.25) is 0 Å². The quantitative estimate of drug-likeness (QED) is 0.802. The summed E-state index contributed by atoms with van der Waals surface area (Å²) in [4.78, 5) is 23.8. The molecule has 1 aromatic carbocycles. The predicted octanol–water partition coefficient (Wildman–Crippen LogP) is 2.40. The van der Waals surface area contributed by atoms with E-state index < -0.39 is 6.09 Å². The number of alkyl halides is 1. The van der Waals surface area contributed by atoms with Gasteiger partial charge in [0.05, 0.1) is 0 Å². The molecule has 1 aliphatic heterocycles. The molecule has 0 N–H and O–H groups in total. The van der Waals surface area contributed by atoms with E-state index in [1.54, 1.807) is 0 Å². The van der Waals surface area contributed by atoms with Crippen LogP contribution in [0.4, 0.5) is 4.79 Å². The third kappa shape index (κ3) is 3.63. The second-order valence-electron chi connectivity index (χ2n) is 4.47. The van der Waals surface area contributed by atoms with Gasteiger partial charge in [-0.1, -0.05) is 30.3 Å². The average molecular weight is 297 g/mol. The molecule has 0 spiro atoms. The topological polar surface area (TPSA) is 49.9 Å². The number of hydrogen-bond donors (Lipinski definition) is 0. The molecule has 1 aliphatic rings. The van der Waals surface area contributed by atoms with Crippen LogP contribution in [0.25, 0.3) is 0 Å². The first-order valence-electron chi connectivity index (χ1n) is 6.57. The molecule has 2 rings (SSSR count). The number of hydrogen-bond acceptors (Lipinski definition) is 3. The first-order valence-corrected chi connectivity index (χ1v) is 7.10. The largest absolute Gasteiger partial charge is 0.443 e. The summed E-state index contributed by atoms with van der Waals surface area (Å²) in [6.07, 6.45) is 0.493. The van der Waals surface area contributed by atoms with Crippen LogP contribution in [0.5, 0.6) is 0 Å². The highest BCUT2D eigenvalue weighted by Crippen LogP contribution is 2.14. The lowest BCUT2D eigenvalue weighted by atomic mass is 10.2. The van der Waals surface area contributed by atoms with E-state index in [2.05, 4.69) is 0 Å². The van der Waals surface area contributed by atoms with Crippen LogP contribution in [-0.4, -0.2) is 41.0 Å². The first-order chi connectivity index (χ1) is 9.72. The summed E-state index contributed by atoms with van der Waals surface area (Å²) >= 11 is 5.56. The number of amides is 2. The molecule has 1 aromatic rings. The number of carbonyl (C=O) groups excluding carboxylic acids is 2. The fraction of sp³-hybridized carbons (Fsp3) is 0.429. The highest BCUT2D eigenvalue weighted by Gasteiger charge is 2.31. The fourth-order valence-electron chi connectivity index (χ4n) is 2.06. The van der Waals surface area contributed by atoms with E-state index in [4.69, 9.17) is 16.3 Å². The van der Waals surface area contributed by atoms with Crippen molar-refractivity contribution in [3.8, 4) is 0 Å². The number of halogens is 1. The number of ether oxygens (including phenoxy) is 1. The third-order valence-corrected chi connectivity index (χ3v) is 3.23. The van der Waals surface area contributed by atoms with Crippen molar-refractivity contribution >= 4 is 23.6 Å². The molecule has 1 saturated heterocycles. The Kier molecular flexibility index (Phi) is 5.24. The number of carbonyl (C=O) groups is 2. The van der Waals surface area contributed by atoms with E-state index in [1.807, 2.05) is 30.3 Å². The van der Waals surface area contributed by atoms with Crippen molar-refractivity contribution in [2.45, 2.75) is 19.4 Å². The van der Waals surface area contributed by atoms with Crippen LogP contribution >= 0.6 is 11.6 Å². The second-order valence-corrected chi connectivity index (χ2v) is 4.85. The summed E-state index contributed by atoms with van der Waals surface area (Å²) in [7, 11) is 0. The SMILES string of the molecule is O=C(CCCl)N1CCCN1C(=O)OCc1ccccc1. The van der Waals surface area contributed by atoms with Gasteiger partial charge in [-0.3, -0.25) is 4.79 Å². The Balaban J connectivity index is 1.89. The monoisotopic (exact) mass is 296 g/mol. The van der Waals surface area contributed by atoms with Gasteiger partial charge in [0.25, 0.3) is 0 Å². The zero-order valence-electron chi connectivity index (χ0n) is 11.1. The molecule has 0 unspecified atom stereocenters. The Morgan fingerprint density at radius 3 is 2.55 bits per heavy atom. The van der Waals surface area contributed by atoms with Crippen molar-refractivity contribution in [1.29, 1.82) is 0 Å². The van der Waals surface area contributed by atoms with Gasteiger partial charge in [0.15, 0.2) is 0 Å².